The first-order chi connectivity index (χ1) is 8.06. The van der Waals surface area contributed by atoms with E-state index in [0.717, 1.165) is 17.9 Å². The van der Waals surface area contributed by atoms with Crippen LogP contribution in [0, 0.1) is 11.6 Å². The van der Waals surface area contributed by atoms with E-state index in [1.54, 1.807) is 11.8 Å². The van der Waals surface area contributed by atoms with Gasteiger partial charge in [0.05, 0.1) is 12.2 Å². The smallest absolute Gasteiger partial charge is 0.335 e. The largest absolute Gasteiger partial charge is 0.488 e. The van der Waals surface area contributed by atoms with Gasteiger partial charge in [0.2, 0.25) is 0 Å². The number of hydrogen-bond acceptors (Lipinski definition) is 3. The number of carboxylic acid groups (broad SMARTS) is 1. The third kappa shape index (κ3) is 3.89. The summed E-state index contributed by atoms with van der Waals surface area (Å²) < 4.78 is 31.6. The molecule has 0 atom stereocenters. The predicted octanol–water partition coefficient (Wildman–Crippen LogP) is 2.79. The molecular weight excluding hydrogens is 250 g/mol. The third-order valence-corrected chi connectivity index (χ3v) is 2.68. The summed E-state index contributed by atoms with van der Waals surface area (Å²) in [5, 5.41) is 8.59. The monoisotopic (exact) mass is 262 g/mol. The van der Waals surface area contributed by atoms with Crippen molar-refractivity contribution < 1.29 is 23.4 Å². The first-order valence-electron chi connectivity index (χ1n) is 4.90. The van der Waals surface area contributed by atoms with Crippen molar-refractivity contribution in [2.75, 3.05) is 18.6 Å². The molecule has 0 aliphatic heterocycles. The number of carbonyl (C=O) groups is 1. The van der Waals surface area contributed by atoms with Gasteiger partial charge in [0, 0.05) is 0 Å². The number of halogens is 2. The van der Waals surface area contributed by atoms with E-state index in [1.165, 1.54) is 0 Å². The molecular formula is C11H12F2O3S. The molecule has 94 valence electrons. The Kier molecular flexibility index (Phi) is 5.21. The van der Waals surface area contributed by atoms with E-state index in [4.69, 9.17) is 9.84 Å². The summed E-state index contributed by atoms with van der Waals surface area (Å²) in [6.45, 7) is 0.196. The number of aromatic carboxylic acids is 1. The molecule has 1 aromatic rings. The lowest BCUT2D eigenvalue weighted by molar-refractivity contribution is 0.0695. The van der Waals surface area contributed by atoms with Gasteiger partial charge in [-0.05, 0) is 30.6 Å². The summed E-state index contributed by atoms with van der Waals surface area (Å²) >= 11 is 1.61. The van der Waals surface area contributed by atoms with Gasteiger partial charge in [0.15, 0.2) is 17.4 Å². The highest BCUT2D eigenvalue weighted by Gasteiger charge is 2.15. The highest BCUT2D eigenvalue weighted by atomic mass is 32.2. The van der Waals surface area contributed by atoms with Crippen molar-refractivity contribution >= 4 is 17.7 Å². The zero-order chi connectivity index (χ0) is 12.8. The lowest BCUT2D eigenvalue weighted by atomic mass is 10.2. The fraction of sp³-hybridized carbons (Fsp3) is 0.364. The number of hydrogen-bond donors (Lipinski definition) is 1. The molecule has 0 saturated heterocycles. The minimum Gasteiger partial charge on any atom is -0.488 e. The van der Waals surface area contributed by atoms with Gasteiger partial charge in [0.1, 0.15) is 0 Å². The van der Waals surface area contributed by atoms with Crippen LogP contribution in [0.3, 0.4) is 0 Å². The van der Waals surface area contributed by atoms with Gasteiger partial charge in [-0.25, -0.2) is 13.6 Å². The van der Waals surface area contributed by atoms with E-state index in [-0.39, 0.29) is 6.61 Å². The first-order valence-corrected chi connectivity index (χ1v) is 6.29. The van der Waals surface area contributed by atoms with Gasteiger partial charge >= 0.3 is 5.97 Å². The van der Waals surface area contributed by atoms with E-state index >= 15 is 0 Å². The molecule has 0 saturated carbocycles. The van der Waals surface area contributed by atoms with Gasteiger partial charge in [-0.15, -0.1) is 0 Å². The summed E-state index contributed by atoms with van der Waals surface area (Å²) in [5.74, 6) is -3.05. The molecule has 1 rings (SSSR count). The van der Waals surface area contributed by atoms with Gasteiger partial charge in [-0.1, -0.05) is 0 Å². The average Bonchev–Trinajstić information content (AvgIpc) is 2.26. The Bertz CT molecular complexity index is 387. The lowest BCUT2D eigenvalue weighted by Crippen LogP contribution is -2.05. The predicted molar refractivity (Wildman–Crippen MR) is 61.8 cm³/mol. The Hall–Kier alpha value is -1.30. The molecule has 1 aromatic carbocycles. The molecule has 3 nitrogen and oxygen atoms in total. The zero-order valence-electron chi connectivity index (χ0n) is 9.20. The number of benzene rings is 1. The van der Waals surface area contributed by atoms with Crippen molar-refractivity contribution in [1.29, 1.82) is 0 Å². The van der Waals surface area contributed by atoms with Gasteiger partial charge in [0.25, 0.3) is 0 Å². The molecule has 0 spiro atoms. The maximum absolute atomic E-state index is 13.3. The first kappa shape index (κ1) is 13.8. The van der Waals surface area contributed by atoms with Crippen LogP contribution in [-0.2, 0) is 0 Å². The van der Waals surface area contributed by atoms with Crippen molar-refractivity contribution in [2.24, 2.45) is 0 Å². The normalized spacial score (nSPS) is 10.3. The van der Waals surface area contributed by atoms with E-state index in [2.05, 4.69) is 0 Å². The van der Waals surface area contributed by atoms with E-state index in [9.17, 15) is 13.6 Å². The van der Waals surface area contributed by atoms with Crippen LogP contribution in [0.2, 0.25) is 0 Å². The zero-order valence-corrected chi connectivity index (χ0v) is 10.0. The van der Waals surface area contributed by atoms with Crippen molar-refractivity contribution in [3.05, 3.63) is 29.3 Å². The van der Waals surface area contributed by atoms with Crippen LogP contribution in [0.5, 0.6) is 5.75 Å². The summed E-state index contributed by atoms with van der Waals surface area (Å²) in [5.41, 5.74) is -0.434. The molecule has 0 aliphatic carbocycles. The lowest BCUT2D eigenvalue weighted by Gasteiger charge is -2.08. The van der Waals surface area contributed by atoms with Crippen molar-refractivity contribution in [3.63, 3.8) is 0 Å². The topological polar surface area (TPSA) is 46.5 Å². The molecule has 0 radical (unpaired) electrons. The quantitative estimate of drug-likeness (QED) is 0.801. The highest BCUT2D eigenvalue weighted by Crippen LogP contribution is 2.23. The Labute approximate surface area is 102 Å². The molecule has 6 heteroatoms. The second-order valence-corrected chi connectivity index (χ2v) is 4.25. The minimum absolute atomic E-state index is 0.196. The van der Waals surface area contributed by atoms with Crippen LogP contribution < -0.4 is 4.74 Å². The third-order valence-electron chi connectivity index (χ3n) is 1.98. The number of rotatable bonds is 6. The Balaban J connectivity index is 2.76. The van der Waals surface area contributed by atoms with Crippen LogP contribution in [0.15, 0.2) is 12.1 Å². The molecule has 0 aromatic heterocycles. The van der Waals surface area contributed by atoms with Crippen LogP contribution in [-0.4, -0.2) is 29.7 Å². The summed E-state index contributed by atoms with van der Waals surface area (Å²) in [6, 6.07) is 1.49. The summed E-state index contributed by atoms with van der Waals surface area (Å²) in [6.07, 6.45) is 2.59. The molecule has 0 unspecified atom stereocenters. The SMILES string of the molecule is CSCCCOc1c(F)cc(C(=O)O)cc1F. The van der Waals surface area contributed by atoms with Gasteiger partial charge in [-0.2, -0.15) is 11.8 Å². The second-order valence-electron chi connectivity index (χ2n) is 3.27. The van der Waals surface area contributed by atoms with Crippen LogP contribution in [0.1, 0.15) is 16.8 Å². The van der Waals surface area contributed by atoms with E-state index in [0.29, 0.717) is 6.42 Å². The van der Waals surface area contributed by atoms with Crippen molar-refractivity contribution in [2.45, 2.75) is 6.42 Å². The number of thioether (sulfide) groups is 1. The van der Waals surface area contributed by atoms with E-state index in [1.807, 2.05) is 6.26 Å². The van der Waals surface area contributed by atoms with Crippen molar-refractivity contribution in [1.82, 2.24) is 0 Å². The van der Waals surface area contributed by atoms with Crippen LogP contribution in [0.4, 0.5) is 8.78 Å². The standard InChI is InChI=1S/C11H12F2O3S/c1-17-4-2-3-16-10-8(12)5-7(11(14)15)6-9(10)13/h5-6H,2-4H2,1H3,(H,14,15). The maximum atomic E-state index is 13.3. The minimum atomic E-state index is -1.38. The summed E-state index contributed by atoms with van der Waals surface area (Å²) in [4.78, 5) is 10.5. The average molecular weight is 262 g/mol. The molecule has 1 N–H and O–H groups in total. The van der Waals surface area contributed by atoms with Crippen LogP contribution >= 0.6 is 11.8 Å². The van der Waals surface area contributed by atoms with E-state index < -0.39 is 28.9 Å². The Morgan fingerprint density at radius 1 is 1.41 bits per heavy atom. The number of carboxylic acids is 1. The Morgan fingerprint density at radius 2 is 2.00 bits per heavy atom. The molecule has 0 amide bonds. The highest BCUT2D eigenvalue weighted by molar-refractivity contribution is 7.98. The van der Waals surface area contributed by atoms with Gasteiger partial charge < -0.3 is 9.84 Å². The second kappa shape index (κ2) is 6.44. The van der Waals surface area contributed by atoms with Crippen molar-refractivity contribution in [3.8, 4) is 5.75 Å². The fourth-order valence-corrected chi connectivity index (χ4v) is 1.61. The molecule has 0 aliphatic rings. The van der Waals surface area contributed by atoms with Gasteiger partial charge in [-0.3, -0.25) is 0 Å². The molecule has 17 heavy (non-hydrogen) atoms. The van der Waals surface area contributed by atoms with Crippen LogP contribution in [0.25, 0.3) is 0 Å². The molecule has 0 fully saturated rings. The maximum Gasteiger partial charge on any atom is 0.335 e. The molecule has 0 bridgehead atoms. The molecule has 0 heterocycles. The fourth-order valence-electron chi connectivity index (χ4n) is 1.20. The number of ether oxygens (including phenoxy) is 1. The Morgan fingerprint density at radius 3 is 2.47 bits per heavy atom. The summed E-state index contributed by atoms with van der Waals surface area (Å²) in [7, 11) is 0.